The van der Waals surface area contributed by atoms with Crippen LogP contribution in [-0.4, -0.2) is 15.0 Å². The van der Waals surface area contributed by atoms with E-state index in [0.717, 1.165) is 10.0 Å². The molecule has 2 aromatic heterocycles. The molecule has 0 bridgehead atoms. The molecule has 0 saturated carbocycles. The number of pyridine rings is 1. The number of hydrogen-bond acceptors (Lipinski definition) is 4. The Morgan fingerprint density at radius 1 is 1.41 bits per heavy atom. The van der Waals surface area contributed by atoms with Crippen LogP contribution < -0.4 is 5.32 Å². The third-order valence-electron chi connectivity index (χ3n) is 2.25. The van der Waals surface area contributed by atoms with Gasteiger partial charge in [0.05, 0.1) is 10.5 Å². The summed E-state index contributed by atoms with van der Waals surface area (Å²) < 4.78 is 0.776. The first-order valence-electron chi connectivity index (χ1n) is 5.01. The van der Waals surface area contributed by atoms with Crippen LogP contribution in [0.2, 0.25) is 5.28 Å². The Kier molecular flexibility index (Phi) is 3.91. The summed E-state index contributed by atoms with van der Waals surface area (Å²) in [5.41, 5.74) is 1.08. The van der Waals surface area contributed by atoms with Crippen molar-refractivity contribution in [3.05, 3.63) is 46.0 Å². The van der Waals surface area contributed by atoms with E-state index in [2.05, 4.69) is 36.2 Å². The molecule has 0 radical (unpaired) electrons. The fourth-order valence-corrected chi connectivity index (χ4v) is 1.81. The molecule has 0 saturated heterocycles. The van der Waals surface area contributed by atoms with Crippen LogP contribution >= 0.6 is 27.5 Å². The molecule has 0 aromatic carbocycles. The highest BCUT2D eigenvalue weighted by Crippen LogP contribution is 2.24. The van der Waals surface area contributed by atoms with Crippen LogP contribution in [0.15, 0.2) is 35.2 Å². The molecule has 0 aliphatic rings. The molecular formula is C11H10BrClN4. The molecule has 0 aliphatic carbocycles. The Labute approximate surface area is 113 Å². The molecule has 88 valence electrons. The van der Waals surface area contributed by atoms with Crippen LogP contribution in [0.25, 0.3) is 0 Å². The first-order valence-corrected chi connectivity index (χ1v) is 6.18. The molecule has 0 amide bonds. The SMILES string of the molecule is CC(Nc1nc(Cl)ncc1Br)c1cccnc1. The third kappa shape index (κ3) is 3.14. The van der Waals surface area contributed by atoms with Crippen LogP contribution in [0.5, 0.6) is 0 Å². The smallest absolute Gasteiger partial charge is 0.224 e. The van der Waals surface area contributed by atoms with E-state index >= 15 is 0 Å². The van der Waals surface area contributed by atoms with Gasteiger partial charge in [0.1, 0.15) is 5.82 Å². The topological polar surface area (TPSA) is 50.7 Å². The van der Waals surface area contributed by atoms with E-state index < -0.39 is 0 Å². The summed E-state index contributed by atoms with van der Waals surface area (Å²) in [6.07, 6.45) is 5.18. The van der Waals surface area contributed by atoms with Crippen molar-refractivity contribution >= 4 is 33.3 Å². The molecule has 1 atom stereocenters. The predicted molar refractivity (Wildman–Crippen MR) is 71.0 cm³/mol. The normalized spacial score (nSPS) is 12.2. The fourth-order valence-electron chi connectivity index (χ4n) is 1.37. The van der Waals surface area contributed by atoms with Crippen molar-refractivity contribution in [1.82, 2.24) is 15.0 Å². The fraction of sp³-hybridized carbons (Fsp3) is 0.182. The molecular weight excluding hydrogens is 304 g/mol. The Bertz CT molecular complexity index is 506. The number of nitrogens with zero attached hydrogens (tertiary/aromatic N) is 3. The van der Waals surface area contributed by atoms with E-state index in [1.54, 1.807) is 12.4 Å². The Balaban J connectivity index is 2.18. The number of anilines is 1. The lowest BCUT2D eigenvalue weighted by Gasteiger charge is -2.15. The largest absolute Gasteiger partial charge is 0.362 e. The minimum absolute atomic E-state index is 0.0889. The zero-order valence-corrected chi connectivity index (χ0v) is 11.4. The number of rotatable bonds is 3. The standard InChI is InChI=1S/C11H10BrClN4/c1-7(8-3-2-4-14-5-8)16-10-9(12)6-15-11(13)17-10/h2-7H,1H3,(H,15,16,17). The zero-order valence-electron chi connectivity index (χ0n) is 9.06. The van der Waals surface area contributed by atoms with E-state index in [1.165, 1.54) is 0 Å². The predicted octanol–water partition coefficient (Wildman–Crippen LogP) is 3.46. The van der Waals surface area contributed by atoms with Crippen molar-refractivity contribution in [3.63, 3.8) is 0 Å². The van der Waals surface area contributed by atoms with Gasteiger partial charge in [0.25, 0.3) is 0 Å². The lowest BCUT2D eigenvalue weighted by atomic mass is 10.1. The minimum atomic E-state index is 0.0889. The van der Waals surface area contributed by atoms with E-state index in [4.69, 9.17) is 11.6 Å². The van der Waals surface area contributed by atoms with Gasteiger partial charge in [0, 0.05) is 18.6 Å². The van der Waals surface area contributed by atoms with E-state index in [9.17, 15) is 0 Å². The van der Waals surface area contributed by atoms with Crippen molar-refractivity contribution in [3.8, 4) is 0 Å². The number of aromatic nitrogens is 3. The first-order chi connectivity index (χ1) is 8.16. The Morgan fingerprint density at radius 3 is 2.94 bits per heavy atom. The minimum Gasteiger partial charge on any atom is -0.362 e. The van der Waals surface area contributed by atoms with Gasteiger partial charge in [0.15, 0.2) is 0 Å². The second-order valence-corrected chi connectivity index (χ2v) is 4.68. The third-order valence-corrected chi connectivity index (χ3v) is 3.01. The van der Waals surface area contributed by atoms with Gasteiger partial charge in [-0.15, -0.1) is 0 Å². The lowest BCUT2D eigenvalue weighted by molar-refractivity contribution is 0.862. The van der Waals surface area contributed by atoms with Crippen LogP contribution in [0.3, 0.4) is 0 Å². The van der Waals surface area contributed by atoms with Gasteiger partial charge in [-0.3, -0.25) is 4.98 Å². The lowest BCUT2D eigenvalue weighted by Crippen LogP contribution is -2.09. The van der Waals surface area contributed by atoms with Gasteiger partial charge in [-0.1, -0.05) is 6.07 Å². The van der Waals surface area contributed by atoms with Gasteiger partial charge in [-0.2, -0.15) is 4.98 Å². The molecule has 2 rings (SSSR count). The van der Waals surface area contributed by atoms with Gasteiger partial charge < -0.3 is 5.32 Å². The Hall–Kier alpha value is -1.20. The number of hydrogen-bond donors (Lipinski definition) is 1. The van der Waals surface area contributed by atoms with Crippen molar-refractivity contribution < 1.29 is 0 Å². The summed E-state index contributed by atoms with van der Waals surface area (Å²) in [6, 6.07) is 3.99. The summed E-state index contributed by atoms with van der Waals surface area (Å²) in [4.78, 5) is 12.1. The number of halogens is 2. The maximum atomic E-state index is 5.75. The van der Waals surface area contributed by atoms with E-state index in [1.807, 2.05) is 25.3 Å². The van der Waals surface area contributed by atoms with Gasteiger partial charge in [0.2, 0.25) is 5.28 Å². The molecule has 2 heterocycles. The highest BCUT2D eigenvalue weighted by molar-refractivity contribution is 9.10. The molecule has 2 aromatic rings. The van der Waals surface area contributed by atoms with Gasteiger partial charge in [-0.05, 0) is 46.1 Å². The molecule has 4 nitrogen and oxygen atoms in total. The van der Waals surface area contributed by atoms with E-state index in [-0.39, 0.29) is 11.3 Å². The molecule has 0 aliphatic heterocycles. The van der Waals surface area contributed by atoms with Crippen LogP contribution in [0.4, 0.5) is 5.82 Å². The van der Waals surface area contributed by atoms with Crippen molar-refractivity contribution in [2.75, 3.05) is 5.32 Å². The maximum absolute atomic E-state index is 5.75. The summed E-state index contributed by atoms with van der Waals surface area (Å²) in [5.74, 6) is 0.668. The Morgan fingerprint density at radius 2 is 2.24 bits per heavy atom. The summed E-state index contributed by atoms with van der Waals surface area (Å²) in [7, 11) is 0. The molecule has 0 spiro atoms. The zero-order chi connectivity index (χ0) is 12.3. The monoisotopic (exact) mass is 312 g/mol. The van der Waals surface area contributed by atoms with Crippen molar-refractivity contribution in [2.45, 2.75) is 13.0 Å². The van der Waals surface area contributed by atoms with Crippen molar-refractivity contribution in [1.29, 1.82) is 0 Å². The number of nitrogens with one attached hydrogen (secondary N) is 1. The van der Waals surface area contributed by atoms with Gasteiger partial charge in [-0.25, -0.2) is 4.98 Å². The molecule has 1 unspecified atom stereocenters. The van der Waals surface area contributed by atoms with Crippen LogP contribution in [0, 0.1) is 0 Å². The maximum Gasteiger partial charge on any atom is 0.224 e. The molecule has 17 heavy (non-hydrogen) atoms. The first kappa shape index (κ1) is 12.3. The molecule has 1 N–H and O–H groups in total. The highest BCUT2D eigenvalue weighted by atomic mass is 79.9. The van der Waals surface area contributed by atoms with Crippen molar-refractivity contribution in [2.24, 2.45) is 0 Å². The van der Waals surface area contributed by atoms with Gasteiger partial charge >= 0.3 is 0 Å². The van der Waals surface area contributed by atoms with Crippen LogP contribution in [0.1, 0.15) is 18.5 Å². The summed E-state index contributed by atoms with van der Waals surface area (Å²) in [5, 5.41) is 3.46. The van der Waals surface area contributed by atoms with E-state index in [0.29, 0.717) is 5.82 Å². The second kappa shape index (κ2) is 5.42. The summed E-state index contributed by atoms with van der Waals surface area (Å²) in [6.45, 7) is 2.03. The highest BCUT2D eigenvalue weighted by Gasteiger charge is 2.09. The van der Waals surface area contributed by atoms with Crippen LogP contribution in [-0.2, 0) is 0 Å². The average molecular weight is 314 g/mol. The average Bonchev–Trinajstić information content (AvgIpc) is 2.35. The molecule has 6 heteroatoms. The summed E-state index contributed by atoms with van der Waals surface area (Å²) >= 11 is 9.12. The quantitative estimate of drug-likeness (QED) is 0.882. The second-order valence-electron chi connectivity index (χ2n) is 3.49. The molecule has 0 fully saturated rings.